The molecule has 0 saturated heterocycles. The molecular formula is C17H19NO4S. The lowest BCUT2D eigenvalue weighted by Gasteiger charge is -2.24. The summed E-state index contributed by atoms with van der Waals surface area (Å²) in [5, 5.41) is 0. The van der Waals surface area contributed by atoms with Gasteiger partial charge < -0.3 is 9.53 Å². The quantitative estimate of drug-likeness (QED) is 0.731. The topological polar surface area (TPSA) is 63.7 Å². The van der Waals surface area contributed by atoms with E-state index in [1.54, 1.807) is 55.6 Å². The summed E-state index contributed by atoms with van der Waals surface area (Å²) >= 11 is 0. The van der Waals surface area contributed by atoms with Crippen molar-refractivity contribution < 1.29 is 17.9 Å². The van der Waals surface area contributed by atoms with Crippen LogP contribution in [0.3, 0.4) is 0 Å². The number of nitrogens with zero attached hydrogens (tertiary/aromatic N) is 1. The Morgan fingerprint density at radius 1 is 1.04 bits per heavy atom. The van der Waals surface area contributed by atoms with Crippen LogP contribution in [0.1, 0.15) is 12.0 Å². The second-order valence-corrected chi connectivity index (χ2v) is 6.91. The molecule has 0 aliphatic rings. The van der Waals surface area contributed by atoms with Crippen molar-refractivity contribution in [1.82, 2.24) is 0 Å². The van der Waals surface area contributed by atoms with E-state index in [1.807, 2.05) is 6.92 Å². The third-order valence-corrected chi connectivity index (χ3v) is 5.26. The molecular weight excluding hydrogens is 314 g/mol. The van der Waals surface area contributed by atoms with Crippen LogP contribution in [0.2, 0.25) is 0 Å². The molecule has 5 nitrogen and oxygen atoms in total. The average Bonchev–Trinajstić information content (AvgIpc) is 2.56. The van der Waals surface area contributed by atoms with E-state index >= 15 is 0 Å². The lowest BCUT2D eigenvalue weighted by Crippen LogP contribution is -2.32. The van der Waals surface area contributed by atoms with Crippen molar-refractivity contribution in [3.63, 3.8) is 0 Å². The number of sulfonamides is 1. The summed E-state index contributed by atoms with van der Waals surface area (Å²) in [4.78, 5) is 10.9. The number of carbonyl (C=O) groups is 1. The normalized spacial score (nSPS) is 11.0. The number of benzene rings is 2. The fourth-order valence-corrected chi connectivity index (χ4v) is 3.62. The number of aryl methyl sites for hydroxylation is 1. The van der Waals surface area contributed by atoms with Crippen molar-refractivity contribution in [3.05, 3.63) is 54.1 Å². The van der Waals surface area contributed by atoms with E-state index in [1.165, 1.54) is 4.31 Å². The molecule has 122 valence electrons. The molecule has 0 unspecified atom stereocenters. The van der Waals surface area contributed by atoms with Gasteiger partial charge in [-0.3, -0.25) is 4.31 Å². The molecule has 0 radical (unpaired) electrons. The molecule has 0 atom stereocenters. The van der Waals surface area contributed by atoms with Crippen LogP contribution in [-0.4, -0.2) is 28.4 Å². The number of aldehydes is 1. The minimum Gasteiger partial charge on any atom is -0.497 e. The number of ether oxygens (including phenoxy) is 1. The standard InChI is InChI=1S/C17H19NO4S/c1-14-4-10-17(11-5-14)23(20,21)18(12-3-13-19)15-6-8-16(22-2)9-7-15/h4-11,13H,3,12H2,1-2H3. The van der Waals surface area contributed by atoms with Crippen LogP contribution >= 0.6 is 0 Å². The molecule has 2 aromatic rings. The van der Waals surface area contributed by atoms with Gasteiger partial charge in [-0.15, -0.1) is 0 Å². The van der Waals surface area contributed by atoms with Crippen LogP contribution in [0, 0.1) is 6.92 Å². The van der Waals surface area contributed by atoms with Crippen LogP contribution in [-0.2, 0) is 14.8 Å². The number of hydrogen-bond acceptors (Lipinski definition) is 4. The number of hydrogen-bond donors (Lipinski definition) is 0. The molecule has 0 aromatic heterocycles. The molecule has 2 aromatic carbocycles. The Balaban J connectivity index is 2.43. The maximum absolute atomic E-state index is 12.9. The smallest absolute Gasteiger partial charge is 0.264 e. The van der Waals surface area contributed by atoms with E-state index in [0.717, 1.165) is 5.56 Å². The Labute approximate surface area is 136 Å². The van der Waals surface area contributed by atoms with Crippen LogP contribution in [0.15, 0.2) is 53.4 Å². The molecule has 0 N–H and O–H groups in total. The van der Waals surface area contributed by atoms with Gasteiger partial charge in [-0.05, 0) is 43.3 Å². The third kappa shape index (κ3) is 3.90. The minimum absolute atomic E-state index is 0.0893. The number of anilines is 1. The van der Waals surface area contributed by atoms with Crippen molar-refractivity contribution in [2.75, 3.05) is 18.0 Å². The molecule has 0 amide bonds. The molecule has 2 rings (SSSR count). The molecule has 6 heteroatoms. The zero-order valence-electron chi connectivity index (χ0n) is 13.1. The number of carbonyl (C=O) groups excluding carboxylic acids is 1. The van der Waals surface area contributed by atoms with Crippen molar-refractivity contribution >= 4 is 22.0 Å². The monoisotopic (exact) mass is 333 g/mol. The predicted molar refractivity (Wildman–Crippen MR) is 89.4 cm³/mol. The van der Waals surface area contributed by atoms with Crippen molar-refractivity contribution in [1.29, 1.82) is 0 Å². The Hall–Kier alpha value is -2.34. The van der Waals surface area contributed by atoms with Crippen LogP contribution in [0.25, 0.3) is 0 Å². The fourth-order valence-electron chi connectivity index (χ4n) is 2.14. The first-order chi connectivity index (χ1) is 11.0. The van der Waals surface area contributed by atoms with Gasteiger partial charge in [0.25, 0.3) is 10.0 Å². The van der Waals surface area contributed by atoms with Crippen molar-refractivity contribution in [2.24, 2.45) is 0 Å². The van der Waals surface area contributed by atoms with Gasteiger partial charge in [0.15, 0.2) is 0 Å². The first-order valence-electron chi connectivity index (χ1n) is 7.16. The van der Waals surface area contributed by atoms with Crippen LogP contribution < -0.4 is 9.04 Å². The van der Waals surface area contributed by atoms with Gasteiger partial charge in [0.05, 0.1) is 17.7 Å². The van der Waals surface area contributed by atoms with Gasteiger partial charge in [-0.25, -0.2) is 8.42 Å². The molecule has 0 spiro atoms. The molecule has 23 heavy (non-hydrogen) atoms. The Morgan fingerprint density at radius 3 is 2.17 bits per heavy atom. The summed E-state index contributed by atoms with van der Waals surface area (Å²) in [7, 11) is -2.19. The molecule has 0 aliphatic carbocycles. The molecule has 0 saturated carbocycles. The van der Waals surface area contributed by atoms with E-state index in [4.69, 9.17) is 4.74 Å². The summed E-state index contributed by atoms with van der Waals surface area (Å²) < 4.78 is 32.1. The highest BCUT2D eigenvalue weighted by molar-refractivity contribution is 7.92. The van der Waals surface area contributed by atoms with Crippen LogP contribution in [0.5, 0.6) is 5.75 Å². The summed E-state index contributed by atoms with van der Waals surface area (Å²) in [6.45, 7) is 1.98. The zero-order chi connectivity index (χ0) is 16.9. The highest BCUT2D eigenvalue weighted by Gasteiger charge is 2.24. The van der Waals surface area contributed by atoms with Gasteiger partial charge in [0.1, 0.15) is 12.0 Å². The second-order valence-electron chi connectivity index (χ2n) is 5.04. The minimum atomic E-state index is -3.73. The van der Waals surface area contributed by atoms with Crippen LogP contribution in [0.4, 0.5) is 5.69 Å². The van der Waals surface area contributed by atoms with E-state index in [-0.39, 0.29) is 17.9 Å². The summed E-state index contributed by atoms with van der Waals surface area (Å²) in [5.41, 5.74) is 1.47. The molecule has 0 aliphatic heterocycles. The SMILES string of the molecule is COc1ccc(N(CCC=O)S(=O)(=O)c2ccc(C)cc2)cc1. The fraction of sp³-hybridized carbons (Fsp3) is 0.235. The average molecular weight is 333 g/mol. The first-order valence-corrected chi connectivity index (χ1v) is 8.60. The molecule has 0 heterocycles. The lowest BCUT2D eigenvalue weighted by molar-refractivity contribution is -0.107. The van der Waals surface area contributed by atoms with E-state index in [9.17, 15) is 13.2 Å². The zero-order valence-corrected chi connectivity index (χ0v) is 13.9. The van der Waals surface area contributed by atoms with E-state index < -0.39 is 10.0 Å². The third-order valence-electron chi connectivity index (χ3n) is 3.42. The highest BCUT2D eigenvalue weighted by atomic mass is 32.2. The summed E-state index contributed by atoms with van der Waals surface area (Å²) in [6.07, 6.45) is 0.832. The molecule has 0 fully saturated rings. The van der Waals surface area contributed by atoms with E-state index in [0.29, 0.717) is 17.7 Å². The molecule has 0 bridgehead atoms. The predicted octanol–water partition coefficient (Wildman–Crippen LogP) is 2.79. The second kappa shape index (κ2) is 7.28. The van der Waals surface area contributed by atoms with Gasteiger partial charge in [-0.1, -0.05) is 17.7 Å². The maximum Gasteiger partial charge on any atom is 0.264 e. The Morgan fingerprint density at radius 2 is 1.65 bits per heavy atom. The van der Waals surface area contributed by atoms with Gasteiger partial charge in [0.2, 0.25) is 0 Å². The van der Waals surface area contributed by atoms with Gasteiger partial charge in [0, 0.05) is 13.0 Å². The van der Waals surface area contributed by atoms with Crippen molar-refractivity contribution in [3.8, 4) is 5.75 Å². The summed E-state index contributed by atoms with van der Waals surface area (Å²) in [6, 6.07) is 13.3. The Bertz CT molecular complexity index is 752. The van der Waals surface area contributed by atoms with E-state index in [2.05, 4.69) is 0 Å². The largest absolute Gasteiger partial charge is 0.497 e. The van der Waals surface area contributed by atoms with Gasteiger partial charge in [-0.2, -0.15) is 0 Å². The lowest BCUT2D eigenvalue weighted by atomic mass is 10.2. The number of methoxy groups -OCH3 is 1. The summed E-state index contributed by atoms with van der Waals surface area (Å²) in [5.74, 6) is 0.636. The number of rotatable bonds is 7. The Kier molecular flexibility index (Phi) is 5.39. The highest BCUT2D eigenvalue weighted by Crippen LogP contribution is 2.26. The van der Waals surface area contributed by atoms with Gasteiger partial charge >= 0.3 is 0 Å². The maximum atomic E-state index is 12.9. The van der Waals surface area contributed by atoms with Crippen molar-refractivity contribution in [2.45, 2.75) is 18.2 Å². The first kappa shape index (κ1) is 17.0.